The molecule has 0 bridgehead atoms. The third kappa shape index (κ3) is 2.08. The van der Waals surface area contributed by atoms with Crippen LogP contribution in [0.25, 0.3) is 0 Å². The molecule has 1 aromatic heterocycles. The second-order valence-corrected chi connectivity index (χ2v) is 5.61. The Balaban J connectivity index is 2.18. The summed E-state index contributed by atoms with van der Waals surface area (Å²) in [7, 11) is 0. The summed E-state index contributed by atoms with van der Waals surface area (Å²) in [6.07, 6.45) is -1.84. The van der Waals surface area contributed by atoms with Crippen LogP contribution in [0.15, 0.2) is 10.1 Å². The van der Waals surface area contributed by atoms with E-state index >= 15 is 0 Å². The summed E-state index contributed by atoms with van der Waals surface area (Å²) in [5.41, 5.74) is 0. The van der Waals surface area contributed by atoms with E-state index in [1.807, 2.05) is 0 Å². The van der Waals surface area contributed by atoms with Crippen LogP contribution in [0.3, 0.4) is 0 Å². The molecule has 1 aliphatic rings. The molecule has 0 amide bonds. The molecule has 3 N–H and O–H groups in total. The van der Waals surface area contributed by atoms with Gasteiger partial charge in [0.2, 0.25) is 0 Å². The van der Waals surface area contributed by atoms with E-state index in [1.54, 1.807) is 6.20 Å². The lowest BCUT2D eigenvalue weighted by molar-refractivity contribution is -0.0218. The number of aromatic nitrogens is 1. The summed E-state index contributed by atoms with van der Waals surface area (Å²) >= 11 is 4.54. The summed E-state index contributed by atoms with van der Waals surface area (Å²) in [4.78, 5) is 4.70. The van der Waals surface area contributed by atoms with Gasteiger partial charge in [0, 0.05) is 6.20 Å². The standard InChI is InChI=1S/C8H10BrNO4S/c9-8-10-1-4(15-8)7-6(13)5(12)3(2-11)14-7/h1,3,5-7,11-13H,2H2/t3-,5-,6-,7+/m1/s1. The Bertz CT molecular complexity index is 347. The molecule has 0 aliphatic carbocycles. The molecule has 2 rings (SSSR count). The molecule has 0 radical (unpaired) electrons. The molecule has 0 spiro atoms. The zero-order valence-corrected chi connectivity index (χ0v) is 9.98. The topological polar surface area (TPSA) is 82.8 Å². The lowest BCUT2D eigenvalue weighted by atomic mass is 10.1. The summed E-state index contributed by atoms with van der Waals surface area (Å²) in [6.45, 7) is -0.311. The van der Waals surface area contributed by atoms with Crippen LogP contribution < -0.4 is 0 Å². The van der Waals surface area contributed by atoms with Gasteiger partial charge in [-0.25, -0.2) is 4.98 Å². The lowest BCUT2D eigenvalue weighted by Crippen LogP contribution is -2.32. The van der Waals surface area contributed by atoms with Crippen molar-refractivity contribution in [3.8, 4) is 0 Å². The minimum atomic E-state index is -1.05. The van der Waals surface area contributed by atoms with Gasteiger partial charge in [0.25, 0.3) is 0 Å². The highest BCUT2D eigenvalue weighted by Crippen LogP contribution is 2.36. The van der Waals surface area contributed by atoms with Crippen molar-refractivity contribution in [2.45, 2.75) is 24.4 Å². The van der Waals surface area contributed by atoms with Gasteiger partial charge >= 0.3 is 0 Å². The largest absolute Gasteiger partial charge is 0.394 e. The van der Waals surface area contributed by atoms with E-state index < -0.39 is 24.4 Å². The first-order chi connectivity index (χ1) is 7.13. The number of rotatable bonds is 2. The zero-order valence-electron chi connectivity index (χ0n) is 7.58. The Morgan fingerprint density at radius 1 is 1.47 bits per heavy atom. The van der Waals surface area contributed by atoms with Crippen molar-refractivity contribution < 1.29 is 20.1 Å². The molecule has 0 aromatic carbocycles. The molecule has 1 fully saturated rings. The average molecular weight is 296 g/mol. The SMILES string of the molecule is OC[C@H]1O[C@@H](c2cnc(Br)s2)[C@H](O)[C@@H]1O. The number of aliphatic hydroxyl groups excluding tert-OH is 3. The number of hydrogen-bond donors (Lipinski definition) is 3. The summed E-state index contributed by atoms with van der Waals surface area (Å²) < 4.78 is 6.02. The molecule has 1 aromatic rings. The van der Waals surface area contributed by atoms with E-state index in [4.69, 9.17) is 9.84 Å². The number of hydrogen-bond acceptors (Lipinski definition) is 6. The second-order valence-electron chi connectivity index (χ2n) is 3.27. The lowest BCUT2D eigenvalue weighted by Gasteiger charge is -2.11. The first-order valence-electron chi connectivity index (χ1n) is 4.37. The van der Waals surface area contributed by atoms with Crippen molar-refractivity contribution in [1.29, 1.82) is 0 Å². The smallest absolute Gasteiger partial charge is 0.159 e. The summed E-state index contributed by atoms with van der Waals surface area (Å²) in [6, 6.07) is 0. The minimum Gasteiger partial charge on any atom is -0.394 e. The molecule has 84 valence electrons. The molecule has 15 heavy (non-hydrogen) atoms. The molecule has 1 aliphatic heterocycles. The van der Waals surface area contributed by atoms with Gasteiger partial charge in [-0.2, -0.15) is 0 Å². The predicted molar refractivity (Wildman–Crippen MR) is 56.5 cm³/mol. The van der Waals surface area contributed by atoms with E-state index in [9.17, 15) is 10.2 Å². The maximum absolute atomic E-state index is 9.70. The van der Waals surface area contributed by atoms with Gasteiger partial charge in [-0.05, 0) is 15.9 Å². The van der Waals surface area contributed by atoms with Crippen LogP contribution >= 0.6 is 27.3 Å². The zero-order chi connectivity index (χ0) is 11.0. The fourth-order valence-corrected chi connectivity index (χ4v) is 2.91. The van der Waals surface area contributed by atoms with E-state index in [1.165, 1.54) is 11.3 Å². The van der Waals surface area contributed by atoms with Gasteiger partial charge in [0.05, 0.1) is 11.5 Å². The number of halogens is 1. The van der Waals surface area contributed by atoms with Gasteiger partial charge in [-0.15, -0.1) is 11.3 Å². The highest BCUT2D eigenvalue weighted by atomic mass is 79.9. The van der Waals surface area contributed by atoms with Crippen LogP contribution in [-0.4, -0.2) is 45.2 Å². The van der Waals surface area contributed by atoms with Crippen LogP contribution in [0.2, 0.25) is 0 Å². The highest BCUT2D eigenvalue weighted by molar-refractivity contribution is 9.11. The van der Waals surface area contributed by atoms with Crippen LogP contribution in [0.5, 0.6) is 0 Å². The maximum atomic E-state index is 9.70. The second kappa shape index (κ2) is 4.44. The van der Waals surface area contributed by atoms with E-state index in [0.717, 1.165) is 4.88 Å². The Morgan fingerprint density at radius 2 is 2.20 bits per heavy atom. The predicted octanol–water partition coefficient (Wildman–Crippen LogP) is 0.0596. The van der Waals surface area contributed by atoms with Crippen LogP contribution in [0, 0.1) is 0 Å². The number of aliphatic hydroxyl groups is 3. The van der Waals surface area contributed by atoms with Crippen LogP contribution in [0.4, 0.5) is 0 Å². The van der Waals surface area contributed by atoms with Crippen molar-refractivity contribution in [2.24, 2.45) is 0 Å². The van der Waals surface area contributed by atoms with Crippen LogP contribution in [0.1, 0.15) is 11.0 Å². The molecular formula is C8H10BrNO4S. The number of thiazole rings is 1. The molecule has 5 nitrogen and oxygen atoms in total. The monoisotopic (exact) mass is 295 g/mol. The number of nitrogens with zero attached hydrogens (tertiary/aromatic N) is 1. The fourth-order valence-electron chi connectivity index (χ4n) is 1.53. The molecule has 4 atom stereocenters. The molecule has 0 unspecified atom stereocenters. The van der Waals surface area contributed by atoms with Crippen molar-refractivity contribution in [3.05, 3.63) is 15.0 Å². The van der Waals surface area contributed by atoms with Gasteiger partial charge in [-0.1, -0.05) is 0 Å². The third-order valence-corrected chi connectivity index (χ3v) is 3.86. The van der Waals surface area contributed by atoms with Gasteiger partial charge in [-0.3, -0.25) is 0 Å². The molecule has 0 saturated carbocycles. The van der Waals surface area contributed by atoms with Crippen molar-refractivity contribution in [1.82, 2.24) is 4.98 Å². The van der Waals surface area contributed by atoms with Crippen molar-refractivity contribution >= 4 is 27.3 Å². The fraction of sp³-hybridized carbons (Fsp3) is 0.625. The third-order valence-electron chi connectivity index (χ3n) is 2.32. The Labute approximate surface area is 98.5 Å². The normalized spacial score (nSPS) is 36.0. The Hall–Kier alpha value is -0.0500. The Kier molecular flexibility index (Phi) is 3.39. The quantitative estimate of drug-likeness (QED) is 0.719. The Morgan fingerprint density at radius 3 is 2.67 bits per heavy atom. The first kappa shape index (κ1) is 11.4. The van der Waals surface area contributed by atoms with Crippen molar-refractivity contribution in [2.75, 3.05) is 6.61 Å². The van der Waals surface area contributed by atoms with E-state index in [0.29, 0.717) is 3.92 Å². The molecule has 2 heterocycles. The highest BCUT2D eigenvalue weighted by Gasteiger charge is 2.43. The van der Waals surface area contributed by atoms with E-state index in [-0.39, 0.29) is 6.61 Å². The summed E-state index contributed by atoms with van der Waals surface area (Å²) in [5, 5.41) is 28.1. The van der Waals surface area contributed by atoms with Crippen LogP contribution in [-0.2, 0) is 4.74 Å². The summed E-state index contributed by atoms with van der Waals surface area (Å²) in [5.74, 6) is 0. The van der Waals surface area contributed by atoms with Gasteiger partial charge < -0.3 is 20.1 Å². The minimum absolute atomic E-state index is 0.311. The molecular weight excluding hydrogens is 286 g/mol. The first-order valence-corrected chi connectivity index (χ1v) is 5.98. The van der Waals surface area contributed by atoms with E-state index in [2.05, 4.69) is 20.9 Å². The average Bonchev–Trinajstić information content (AvgIpc) is 2.74. The number of ether oxygens (including phenoxy) is 1. The molecule has 7 heteroatoms. The van der Waals surface area contributed by atoms with Gasteiger partial charge in [0.1, 0.15) is 24.4 Å². The van der Waals surface area contributed by atoms with Gasteiger partial charge in [0.15, 0.2) is 3.92 Å². The molecule has 1 saturated heterocycles. The maximum Gasteiger partial charge on any atom is 0.159 e. The van der Waals surface area contributed by atoms with Crippen molar-refractivity contribution in [3.63, 3.8) is 0 Å².